The number of carbonyl (C=O) groups excluding carboxylic acids is 6. The second kappa shape index (κ2) is 19.1. The van der Waals surface area contributed by atoms with E-state index in [2.05, 4.69) is 10.6 Å². The summed E-state index contributed by atoms with van der Waals surface area (Å²) in [6.45, 7) is 20.3. The van der Waals surface area contributed by atoms with Gasteiger partial charge in [-0.15, -0.1) is 0 Å². The highest BCUT2D eigenvalue weighted by atomic mass is 28.4. The Morgan fingerprint density at radius 3 is 2.04 bits per heavy atom. The summed E-state index contributed by atoms with van der Waals surface area (Å²) in [6.07, 6.45) is -2.90. The minimum atomic E-state index is -2.71. The van der Waals surface area contributed by atoms with Crippen LogP contribution in [-0.4, -0.2) is 96.9 Å². The standard InChI is InChI=1S/C51H68N2O13Si/c1-13-67(14-2,15-3)66-40(38(33-22-18-16-19-23-33)52-46(59)53-47(7,8)9)45(58)63-35-28-51(60)43(64-44(57)34-24-20-17-21-25-34)41-49(12,27-26-36-50(41,29-61-36)65-32(6)55)42(56)39(62-31(5)54)37(30(35)4)48(51,10)11/h16-27,36-41,43,60H,13-15,28-29H2,1-12H3,(H2,52,53,59)/t36-,37?,38+,39-,40-,41?,43?,49-,50+,51-/m1/s1/i46+2. The molecule has 1 heterocycles. The van der Waals surface area contributed by atoms with Gasteiger partial charge in [-0.2, -0.15) is 0 Å². The molecule has 364 valence electrons. The fourth-order valence-corrected chi connectivity index (χ4v) is 13.7. The smallest absolute Gasteiger partial charge is 0.341 e. The van der Waals surface area contributed by atoms with Crippen LogP contribution in [0.5, 0.6) is 0 Å². The number of fused-ring (bicyclic) bond motifs is 5. The summed E-state index contributed by atoms with van der Waals surface area (Å²) in [5.41, 5.74) is -6.79. The molecule has 2 amide bonds. The first-order chi connectivity index (χ1) is 31.3. The van der Waals surface area contributed by atoms with Crippen molar-refractivity contribution in [3.8, 4) is 0 Å². The number of carbonyl (C=O) groups is 6. The molecule has 3 aliphatic carbocycles. The molecule has 1 aliphatic heterocycles. The van der Waals surface area contributed by atoms with Gasteiger partial charge in [0.1, 0.15) is 23.6 Å². The summed E-state index contributed by atoms with van der Waals surface area (Å²) >= 11 is 0. The average Bonchev–Trinajstić information content (AvgIpc) is 3.25. The van der Waals surface area contributed by atoms with Crippen molar-refractivity contribution in [2.45, 2.75) is 155 Å². The van der Waals surface area contributed by atoms with Gasteiger partial charge in [-0.1, -0.05) is 95.3 Å². The zero-order chi connectivity index (χ0) is 49.5. The average molecular weight is 947 g/mol. The number of hydrogen-bond acceptors (Lipinski definition) is 13. The maximum atomic E-state index is 15.7. The van der Waals surface area contributed by atoms with Gasteiger partial charge in [-0.25, -0.2) is 14.4 Å². The highest BCUT2D eigenvalue weighted by Gasteiger charge is 2.76. The molecule has 0 radical (unpaired) electrons. The molecule has 67 heavy (non-hydrogen) atoms. The number of urea groups is 1. The molecule has 0 aromatic heterocycles. The first kappa shape index (κ1) is 51.2. The van der Waals surface area contributed by atoms with Gasteiger partial charge in [0.15, 0.2) is 31.9 Å². The Bertz CT molecular complexity index is 2280. The number of esters is 4. The summed E-state index contributed by atoms with van der Waals surface area (Å²) in [6, 6.07) is 17.4. The first-order valence-electron chi connectivity index (χ1n) is 23.3. The van der Waals surface area contributed by atoms with Crippen molar-refractivity contribution in [1.82, 2.24) is 10.6 Å². The number of amides is 2. The van der Waals surface area contributed by atoms with Crippen molar-refractivity contribution >= 4 is 44.0 Å². The van der Waals surface area contributed by atoms with Crippen molar-refractivity contribution in [2.24, 2.45) is 22.7 Å². The van der Waals surface area contributed by atoms with Gasteiger partial charge in [-0.05, 0) is 76.0 Å². The summed E-state index contributed by atoms with van der Waals surface area (Å²) in [4.78, 5) is 85.5. The molecule has 3 N–H and O–H groups in total. The molecule has 1 saturated heterocycles. The maximum absolute atomic E-state index is 15.7. The van der Waals surface area contributed by atoms with E-state index in [1.54, 1.807) is 94.4 Å². The number of benzene rings is 2. The molecule has 16 heteroatoms. The Balaban J connectivity index is 1.59. The molecular formula is C51H68N2O13Si. The van der Waals surface area contributed by atoms with Crippen molar-refractivity contribution in [3.63, 3.8) is 0 Å². The summed E-state index contributed by atoms with van der Waals surface area (Å²) in [5.74, 6) is -6.49. The molecule has 15 nitrogen and oxygen atoms in total. The van der Waals surface area contributed by atoms with Crippen molar-refractivity contribution in [2.75, 3.05) is 6.61 Å². The van der Waals surface area contributed by atoms with Crippen molar-refractivity contribution in [1.29, 1.82) is 0 Å². The monoisotopic (exact) mass is 946 g/mol. The van der Waals surface area contributed by atoms with E-state index in [1.807, 2.05) is 47.6 Å². The number of hydrogen-bond donors (Lipinski definition) is 3. The first-order valence-corrected chi connectivity index (χ1v) is 25.8. The van der Waals surface area contributed by atoms with Crippen molar-refractivity contribution in [3.05, 3.63) is 95.3 Å². The van der Waals surface area contributed by atoms with Gasteiger partial charge in [0.25, 0.3) is 0 Å². The van der Waals surface area contributed by atoms with Gasteiger partial charge in [0, 0.05) is 37.1 Å². The van der Waals surface area contributed by atoms with E-state index < -0.39 is 120 Å². The fourth-order valence-electron chi connectivity index (χ4n) is 10.9. The van der Waals surface area contributed by atoms with Gasteiger partial charge in [0.05, 0.1) is 29.5 Å². The maximum Gasteiger partial charge on any atom is 0.341 e. The van der Waals surface area contributed by atoms with E-state index in [-0.39, 0.29) is 17.9 Å². The Morgan fingerprint density at radius 2 is 1.52 bits per heavy atom. The minimum absolute atomic E-state index is 0.0863. The zero-order valence-corrected chi connectivity index (χ0v) is 41.9. The molecule has 2 aromatic carbocycles. The topological polar surface area (TPSA) is 202 Å². The quantitative estimate of drug-likeness (QED) is 0.0731. The number of allylic oxidation sites excluding steroid dienone is 1. The Hall–Kier alpha value is -5.16. The summed E-state index contributed by atoms with van der Waals surface area (Å²) in [5, 5.41) is 19.9. The molecular weight excluding hydrogens is 879 g/mol. The summed E-state index contributed by atoms with van der Waals surface area (Å²) < 4.78 is 38.3. The molecule has 3 unspecified atom stereocenters. The minimum Gasteiger partial charge on any atom is -0.455 e. The number of ether oxygens (including phenoxy) is 5. The number of Topliss-reactive ketones (excluding diaryl/α,β-unsaturated/α-hetero) is 1. The Labute approximate surface area is 394 Å². The van der Waals surface area contributed by atoms with Crippen LogP contribution in [0, 0.1) is 22.7 Å². The van der Waals surface area contributed by atoms with Crippen LogP contribution in [0.15, 0.2) is 84.1 Å². The largest absolute Gasteiger partial charge is 0.455 e. The van der Waals surface area contributed by atoms with E-state index in [0.717, 1.165) is 0 Å². The SMILES string of the molecule is CC[Si](CC)(CC)O[C@@H](C(=O)OC1=C(C)C2[C@@H](OC(C)=O)C(=O)[C@]3(C)C=C[C@H]4OC[C@@]4(OC(C)=O)C3C(OC(=O)c3ccccc3)[C@](O)(C1)C2(C)C)[C@@H](N[14C](=O)NC(C)(C)C)c1ccccc1. The van der Waals surface area contributed by atoms with E-state index in [4.69, 9.17) is 28.1 Å². The molecule has 4 aliphatic rings. The zero-order valence-electron chi connectivity index (χ0n) is 40.9. The molecule has 2 fully saturated rings. The van der Waals surface area contributed by atoms with E-state index >= 15 is 9.59 Å². The van der Waals surface area contributed by atoms with Crippen LogP contribution in [0.4, 0.5) is 4.79 Å². The third-order valence-electron chi connectivity index (χ3n) is 14.7. The third kappa shape index (κ3) is 9.51. The Kier molecular flexibility index (Phi) is 14.6. The van der Waals surface area contributed by atoms with Crippen LogP contribution >= 0.6 is 0 Å². The van der Waals surface area contributed by atoms with E-state index in [0.29, 0.717) is 29.3 Å². The molecule has 1 saturated carbocycles. The van der Waals surface area contributed by atoms with Gasteiger partial charge in [0.2, 0.25) is 0 Å². The van der Waals surface area contributed by atoms with Gasteiger partial charge in [-0.3, -0.25) is 14.4 Å². The van der Waals surface area contributed by atoms with Crippen LogP contribution in [0.2, 0.25) is 18.1 Å². The lowest BCUT2D eigenvalue weighted by atomic mass is 9.45. The highest BCUT2D eigenvalue weighted by molar-refractivity contribution is 6.73. The van der Waals surface area contributed by atoms with Crippen LogP contribution in [0.25, 0.3) is 0 Å². The number of ketones is 1. The summed E-state index contributed by atoms with van der Waals surface area (Å²) in [7, 11) is -2.71. The molecule has 6 rings (SSSR count). The number of rotatable bonds is 14. The lowest BCUT2D eigenvalue weighted by molar-refractivity contribution is -0.311. The molecule has 2 bridgehead atoms. The predicted molar refractivity (Wildman–Crippen MR) is 249 cm³/mol. The van der Waals surface area contributed by atoms with E-state index in [1.165, 1.54) is 13.8 Å². The lowest BCUT2D eigenvalue weighted by Gasteiger charge is -2.65. The fraction of sp³-hybridized carbons (Fsp3) is 0.569. The number of nitrogens with one attached hydrogen (secondary N) is 2. The number of aliphatic hydroxyl groups is 1. The van der Waals surface area contributed by atoms with Crippen LogP contribution in [0.3, 0.4) is 0 Å². The Morgan fingerprint density at radius 1 is 0.925 bits per heavy atom. The third-order valence-corrected chi connectivity index (χ3v) is 19.3. The lowest BCUT2D eigenvalue weighted by Crippen LogP contribution is -2.79. The highest BCUT2D eigenvalue weighted by Crippen LogP contribution is 2.64. The van der Waals surface area contributed by atoms with E-state index in [9.17, 15) is 24.3 Å². The molecule has 10 atom stereocenters. The normalized spacial score (nSPS) is 29.6. The van der Waals surface area contributed by atoms with Crippen LogP contribution in [-0.2, 0) is 47.3 Å². The molecule has 0 spiro atoms. The molecule has 2 aromatic rings. The van der Waals surface area contributed by atoms with Gasteiger partial charge >= 0.3 is 29.9 Å². The van der Waals surface area contributed by atoms with Crippen LogP contribution in [0.1, 0.15) is 111 Å². The van der Waals surface area contributed by atoms with Crippen LogP contribution < -0.4 is 10.6 Å². The van der Waals surface area contributed by atoms with Gasteiger partial charge < -0.3 is 43.9 Å². The second-order valence-electron chi connectivity index (χ2n) is 20.3. The second-order valence-corrected chi connectivity index (χ2v) is 25.1. The predicted octanol–water partition coefficient (Wildman–Crippen LogP) is 7.44. The van der Waals surface area contributed by atoms with Crippen molar-refractivity contribution < 1.29 is 62.0 Å².